The molecule has 2 rings (SSSR count). The van der Waals surface area contributed by atoms with Gasteiger partial charge in [0.1, 0.15) is 17.9 Å². The van der Waals surface area contributed by atoms with E-state index in [-0.39, 0.29) is 5.02 Å². The van der Waals surface area contributed by atoms with Gasteiger partial charge in [0.2, 0.25) is 5.88 Å². The van der Waals surface area contributed by atoms with E-state index in [9.17, 15) is 4.39 Å². The lowest BCUT2D eigenvalue weighted by molar-refractivity contribution is 0.450. The molecule has 2 aromatic rings. The van der Waals surface area contributed by atoms with E-state index in [0.29, 0.717) is 16.1 Å². The predicted octanol–water partition coefficient (Wildman–Crippen LogP) is 4.43. The largest absolute Gasteiger partial charge is 0.437 e. The molecular formula is C10H4BrClFIN2O. The van der Waals surface area contributed by atoms with Crippen LogP contribution < -0.4 is 4.74 Å². The van der Waals surface area contributed by atoms with Crippen molar-refractivity contribution in [2.45, 2.75) is 0 Å². The van der Waals surface area contributed by atoms with Crippen LogP contribution in [0.15, 0.2) is 29.1 Å². The zero-order valence-corrected chi connectivity index (χ0v) is 12.6. The number of halogens is 4. The van der Waals surface area contributed by atoms with Crippen molar-refractivity contribution in [3.05, 3.63) is 43.5 Å². The smallest absolute Gasteiger partial charge is 0.235 e. The highest BCUT2D eigenvalue weighted by Gasteiger charge is 2.11. The van der Waals surface area contributed by atoms with E-state index in [1.807, 2.05) is 22.6 Å². The number of rotatable bonds is 2. The maximum Gasteiger partial charge on any atom is 0.235 e. The summed E-state index contributed by atoms with van der Waals surface area (Å²) in [5.41, 5.74) is 0. The van der Waals surface area contributed by atoms with E-state index in [0.717, 1.165) is 3.57 Å². The molecular weight excluding hydrogens is 425 g/mol. The highest BCUT2D eigenvalue weighted by molar-refractivity contribution is 14.1. The Morgan fingerprint density at radius 3 is 2.88 bits per heavy atom. The molecule has 0 aliphatic rings. The first-order valence-corrected chi connectivity index (χ1v) is 6.61. The number of hydrogen-bond donors (Lipinski definition) is 0. The molecule has 0 bridgehead atoms. The Morgan fingerprint density at radius 2 is 2.18 bits per heavy atom. The topological polar surface area (TPSA) is 35.0 Å². The fourth-order valence-electron chi connectivity index (χ4n) is 1.06. The highest BCUT2D eigenvalue weighted by Crippen LogP contribution is 2.34. The van der Waals surface area contributed by atoms with E-state index in [2.05, 4.69) is 25.9 Å². The minimum absolute atomic E-state index is 0.0293. The molecule has 7 heteroatoms. The van der Waals surface area contributed by atoms with Crippen molar-refractivity contribution in [2.24, 2.45) is 0 Å². The lowest BCUT2D eigenvalue weighted by Crippen LogP contribution is -1.93. The van der Waals surface area contributed by atoms with Crippen molar-refractivity contribution < 1.29 is 9.13 Å². The second kappa shape index (κ2) is 5.45. The van der Waals surface area contributed by atoms with Crippen LogP contribution in [-0.2, 0) is 0 Å². The summed E-state index contributed by atoms with van der Waals surface area (Å²) < 4.78 is 20.0. The average molecular weight is 429 g/mol. The average Bonchev–Trinajstić information content (AvgIpc) is 2.29. The van der Waals surface area contributed by atoms with Crippen molar-refractivity contribution in [3.8, 4) is 11.6 Å². The lowest BCUT2D eigenvalue weighted by atomic mass is 10.3. The molecule has 1 heterocycles. The third-order valence-electron chi connectivity index (χ3n) is 1.82. The number of hydrogen-bond acceptors (Lipinski definition) is 3. The number of nitrogens with zero attached hydrogens (tertiary/aromatic N) is 2. The summed E-state index contributed by atoms with van der Waals surface area (Å²) in [6.45, 7) is 0. The molecule has 0 aliphatic heterocycles. The Kier molecular flexibility index (Phi) is 4.16. The summed E-state index contributed by atoms with van der Waals surface area (Å²) in [7, 11) is 0. The Hall–Kier alpha value is -0.470. The van der Waals surface area contributed by atoms with Gasteiger partial charge in [0.05, 0.1) is 13.1 Å². The molecule has 0 spiro atoms. The SMILES string of the molecule is Fc1cc(Oc2ncncc2I)c(Br)cc1Cl. The molecule has 0 atom stereocenters. The van der Waals surface area contributed by atoms with Crippen molar-refractivity contribution in [1.82, 2.24) is 9.97 Å². The second-order valence-electron chi connectivity index (χ2n) is 2.97. The Labute approximate surface area is 124 Å². The van der Waals surface area contributed by atoms with Gasteiger partial charge in [0.25, 0.3) is 0 Å². The third-order valence-corrected chi connectivity index (χ3v) is 3.46. The molecule has 17 heavy (non-hydrogen) atoms. The third kappa shape index (κ3) is 3.05. The molecule has 1 aromatic heterocycles. The minimum Gasteiger partial charge on any atom is -0.437 e. The number of ether oxygens (including phenoxy) is 1. The van der Waals surface area contributed by atoms with Gasteiger partial charge in [0, 0.05) is 12.3 Å². The summed E-state index contributed by atoms with van der Waals surface area (Å²) >= 11 is 10.9. The first-order valence-electron chi connectivity index (χ1n) is 4.36. The molecule has 0 radical (unpaired) electrons. The van der Waals surface area contributed by atoms with Gasteiger partial charge in [0.15, 0.2) is 0 Å². The van der Waals surface area contributed by atoms with Crippen LogP contribution in [0.4, 0.5) is 4.39 Å². The first kappa shape index (κ1) is 13.0. The van der Waals surface area contributed by atoms with E-state index in [1.54, 1.807) is 6.20 Å². The number of aromatic nitrogens is 2. The molecule has 0 saturated carbocycles. The van der Waals surface area contributed by atoms with Crippen LogP contribution in [0.1, 0.15) is 0 Å². The molecule has 0 N–H and O–H groups in total. The summed E-state index contributed by atoms with van der Waals surface area (Å²) in [6, 6.07) is 2.63. The molecule has 0 amide bonds. The fraction of sp³-hybridized carbons (Fsp3) is 0. The molecule has 0 aliphatic carbocycles. The van der Waals surface area contributed by atoms with E-state index < -0.39 is 5.82 Å². The highest BCUT2D eigenvalue weighted by atomic mass is 127. The van der Waals surface area contributed by atoms with Crippen molar-refractivity contribution in [1.29, 1.82) is 0 Å². The zero-order chi connectivity index (χ0) is 12.4. The van der Waals surface area contributed by atoms with Gasteiger partial charge in [-0.1, -0.05) is 11.6 Å². The van der Waals surface area contributed by atoms with Gasteiger partial charge in [-0.3, -0.25) is 0 Å². The van der Waals surface area contributed by atoms with Gasteiger partial charge in [-0.15, -0.1) is 0 Å². The zero-order valence-electron chi connectivity index (χ0n) is 8.12. The molecule has 88 valence electrons. The first-order chi connectivity index (χ1) is 8.08. The normalized spacial score (nSPS) is 10.4. The Morgan fingerprint density at radius 1 is 1.41 bits per heavy atom. The summed E-state index contributed by atoms with van der Waals surface area (Å²) in [4.78, 5) is 7.78. The second-order valence-corrected chi connectivity index (χ2v) is 5.40. The van der Waals surface area contributed by atoms with Crippen LogP contribution in [0.5, 0.6) is 11.6 Å². The van der Waals surface area contributed by atoms with Crippen molar-refractivity contribution >= 4 is 50.1 Å². The van der Waals surface area contributed by atoms with Gasteiger partial charge in [-0.2, -0.15) is 0 Å². The van der Waals surface area contributed by atoms with Gasteiger partial charge < -0.3 is 4.74 Å². The fourth-order valence-corrected chi connectivity index (χ4v) is 2.19. The van der Waals surface area contributed by atoms with Crippen LogP contribution in [0.25, 0.3) is 0 Å². The van der Waals surface area contributed by atoms with E-state index >= 15 is 0 Å². The monoisotopic (exact) mass is 428 g/mol. The Balaban J connectivity index is 2.37. The molecule has 1 aromatic carbocycles. The van der Waals surface area contributed by atoms with E-state index in [4.69, 9.17) is 16.3 Å². The quantitative estimate of drug-likeness (QED) is 0.524. The maximum atomic E-state index is 13.3. The van der Waals surface area contributed by atoms with Gasteiger partial charge >= 0.3 is 0 Å². The van der Waals surface area contributed by atoms with Crippen molar-refractivity contribution in [2.75, 3.05) is 0 Å². The van der Waals surface area contributed by atoms with Gasteiger partial charge in [-0.25, -0.2) is 14.4 Å². The molecule has 3 nitrogen and oxygen atoms in total. The summed E-state index contributed by atoms with van der Waals surface area (Å²) in [5, 5.41) is 0.0293. The van der Waals surface area contributed by atoms with Crippen LogP contribution in [0.3, 0.4) is 0 Å². The number of benzene rings is 1. The predicted molar refractivity (Wildman–Crippen MR) is 73.9 cm³/mol. The van der Waals surface area contributed by atoms with E-state index in [1.165, 1.54) is 18.5 Å². The van der Waals surface area contributed by atoms with Crippen LogP contribution in [0, 0.1) is 9.39 Å². The Bertz CT molecular complexity index is 570. The van der Waals surface area contributed by atoms with Crippen molar-refractivity contribution in [3.63, 3.8) is 0 Å². The molecule has 0 saturated heterocycles. The van der Waals surface area contributed by atoms with Crippen LogP contribution in [-0.4, -0.2) is 9.97 Å². The van der Waals surface area contributed by atoms with Crippen LogP contribution >= 0.6 is 50.1 Å². The van der Waals surface area contributed by atoms with Crippen LogP contribution in [0.2, 0.25) is 5.02 Å². The minimum atomic E-state index is -0.547. The molecule has 0 unspecified atom stereocenters. The molecule has 0 fully saturated rings. The van der Waals surface area contributed by atoms with Gasteiger partial charge in [-0.05, 0) is 44.6 Å². The maximum absolute atomic E-state index is 13.3. The lowest BCUT2D eigenvalue weighted by Gasteiger charge is -2.08. The standard InChI is InChI=1S/C10H4BrClFIN2O/c11-5-1-6(12)7(13)2-9(5)17-10-8(14)3-15-4-16-10/h1-4H. The summed E-state index contributed by atoms with van der Waals surface area (Å²) in [5.74, 6) is 0.125. The summed E-state index contributed by atoms with van der Waals surface area (Å²) in [6.07, 6.45) is 2.96.